The fourth-order valence-electron chi connectivity index (χ4n) is 2.97. The number of piperazine rings is 1. The van der Waals surface area contributed by atoms with Gasteiger partial charge in [-0.2, -0.15) is 4.31 Å². The third kappa shape index (κ3) is 3.93. The zero-order chi connectivity index (χ0) is 14.8. The van der Waals surface area contributed by atoms with Gasteiger partial charge in [0.15, 0.2) is 0 Å². The van der Waals surface area contributed by atoms with Gasteiger partial charge in [-0.05, 0) is 25.3 Å². The van der Waals surface area contributed by atoms with Crippen molar-refractivity contribution in [2.45, 2.75) is 32.2 Å². The first-order valence-corrected chi connectivity index (χ1v) is 9.19. The van der Waals surface area contributed by atoms with Crippen LogP contribution in [0.5, 0.6) is 0 Å². The van der Waals surface area contributed by atoms with Crippen molar-refractivity contribution in [3.63, 3.8) is 0 Å². The van der Waals surface area contributed by atoms with Crippen molar-refractivity contribution < 1.29 is 13.2 Å². The van der Waals surface area contributed by atoms with E-state index < -0.39 is 10.0 Å². The molecule has 0 aromatic heterocycles. The SMILES string of the molecule is CC1CCCNC1CC(=O)N1CCN(S(C)(=O)=O)CC1. The Hall–Kier alpha value is -0.660. The Bertz CT molecular complexity index is 444. The maximum absolute atomic E-state index is 12.3. The zero-order valence-electron chi connectivity index (χ0n) is 12.3. The average Bonchev–Trinajstić information content (AvgIpc) is 2.40. The lowest BCUT2D eigenvalue weighted by atomic mass is 9.90. The van der Waals surface area contributed by atoms with Gasteiger partial charge in [0.2, 0.25) is 15.9 Å². The van der Waals surface area contributed by atoms with E-state index >= 15 is 0 Å². The van der Waals surface area contributed by atoms with Gasteiger partial charge in [0, 0.05) is 38.6 Å². The minimum Gasteiger partial charge on any atom is -0.340 e. The molecule has 2 aliphatic rings. The van der Waals surface area contributed by atoms with Gasteiger partial charge in [-0.1, -0.05) is 6.92 Å². The first-order valence-electron chi connectivity index (χ1n) is 7.34. The van der Waals surface area contributed by atoms with Crippen LogP contribution in [0.1, 0.15) is 26.2 Å². The van der Waals surface area contributed by atoms with Gasteiger partial charge in [0.05, 0.1) is 6.26 Å². The van der Waals surface area contributed by atoms with E-state index in [0.717, 1.165) is 6.54 Å². The minimum atomic E-state index is -3.13. The second-order valence-corrected chi connectivity index (χ2v) is 7.91. The van der Waals surface area contributed by atoms with Crippen molar-refractivity contribution in [3.05, 3.63) is 0 Å². The summed E-state index contributed by atoms with van der Waals surface area (Å²) < 4.78 is 24.3. The van der Waals surface area contributed by atoms with Crippen molar-refractivity contribution in [1.82, 2.24) is 14.5 Å². The molecule has 2 heterocycles. The smallest absolute Gasteiger partial charge is 0.224 e. The summed E-state index contributed by atoms with van der Waals surface area (Å²) in [5.41, 5.74) is 0. The van der Waals surface area contributed by atoms with Crippen molar-refractivity contribution in [1.29, 1.82) is 0 Å². The Labute approximate surface area is 121 Å². The Balaban J connectivity index is 1.83. The fraction of sp³-hybridized carbons (Fsp3) is 0.923. The van der Waals surface area contributed by atoms with E-state index in [1.807, 2.05) is 0 Å². The highest BCUT2D eigenvalue weighted by molar-refractivity contribution is 7.88. The molecule has 2 fully saturated rings. The number of amides is 1. The molecule has 2 atom stereocenters. The number of piperidine rings is 1. The van der Waals surface area contributed by atoms with Gasteiger partial charge >= 0.3 is 0 Å². The van der Waals surface area contributed by atoms with Gasteiger partial charge in [0.1, 0.15) is 0 Å². The molecule has 0 spiro atoms. The van der Waals surface area contributed by atoms with Gasteiger partial charge < -0.3 is 10.2 Å². The maximum Gasteiger partial charge on any atom is 0.224 e. The molecule has 2 saturated heterocycles. The summed E-state index contributed by atoms with van der Waals surface area (Å²) in [6, 6.07) is 0.268. The first-order chi connectivity index (χ1) is 9.38. The molecule has 0 aliphatic carbocycles. The van der Waals surface area contributed by atoms with Crippen molar-refractivity contribution in [2.75, 3.05) is 39.0 Å². The van der Waals surface area contributed by atoms with E-state index in [9.17, 15) is 13.2 Å². The fourth-order valence-corrected chi connectivity index (χ4v) is 3.80. The van der Waals surface area contributed by atoms with E-state index in [1.165, 1.54) is 23.4 Å². The summed E-state index contributed by atoms with van der Waals surface area (Å²) in [6.07, 6.45) is 4.10. The monoisotopic (exact) mass is 303 g/mol. The van der Waals surface area contributed by atoms with Crippen LogP contribution >= 0.6 is 0 Å². The molecule has 2 rings (SSSR count). The summed E-state index contributed by atoms with van der Waals surface area (Å²) in [7, 11) is -3.13. The summed E-state index contributed by atoms with van der Waals surface area (Å²) in [4.78, 5) is 14.1. The Morgan fingerprint density at radius 1 is 1.25 bits per heavy atom. The molecule has 7 heteroatoms. The molecule has 2 unspecified atom stereocenters. The standard InChI is InChI=1S/C13H25N3O3S/c1-11-4-3-5-14-12(11)10-13(17)15-6-8-16(9-7-15)20(2,18)19/h11-12,14H,3-10H2,1-2H3. The molecule has 0 aromatic rings. The van der Waals surface area contributed by atoms with Crippen LogP contribution in [0.15, 0.2) is 0 Å². The molecule has 6 nitrogen and oxygen atoms in total. The molecule has 116 valence electrons. The number of rotatable bonds is 3. The van der Waals surface area contributed by atoms with Crippen LogP contribution in [0.3, 0.4) is 0 Å². The zero-order valence-corrected chi connectivity index (χ0v) is 13.2. The van der Waals surface area contributed by atoms with Crippen LogP contribution in [-0.4, -0.2) is 68.6 Å². The topological polar surface area (TPSA) is 69.7 Å². The molecular formula is C13H25N3O3S. The highest BCUT2D eigenvalue weighted by atomic mass is 32.2. The van der Waals surface area contributed by atoms with Crippen LogP contribution in [0.2, 0.25) is 0 Å². The average molecular weight is 303 g/mol. The van der Waals surface area contributed by atoms with Crippen LogP contribution in [0.25, 0.3) is 0 Å². The second-order valence-electron chi connectivity index (χ2n) is 5.93. The highest BCUT2D eigenvalue weighted by Crippen LogP contribution is 2.19. The Morgan fingerprint density at radius 3 is 2.45 bits per heavy atom. The lowest BCUT2D eigenvalue weighted by Crippen LogP contribution is -2.52. The van der Waals surface area contributed by atoms with Crippen LogP contribution in [0, 0.1) is 5.92 Å². The van der Waals surface area contributed by atoms with Crippen LogP contribution < -0.4 is 5.32 Å². The van der Waals surface area contributed by atoms with Gasteiger partial charge in [-0.15, -0.1) is 0 Å². The number of hydrogen-bond donors (Lipinski definition) is 1. The Morgan fingerprint density at radius 2 is 1.90 bits per heavy atom. The van der Waals surface area contributed by atoms with E-state index in [-0.39, 0.29) is 11.9 Å². The number of carbonyl (C=O) groups excluding carboxylic acids is 1. The van der Waals surface area contributed by atoms with Crippen molar-refractivity contribution in [2.24, 2.45) is 5.92 Å². The quantitative estimate of drug-likeness (QED) is 0.788. The number of carbonyl (C=O) groups is 1. The van der Waals surface area contributed by atoms with Gasteiger partial charge in [-0.3, -0.25) is 4.79 Å². The molecular weight excluding hydrogens is 278 g/mol. The number of hydrogen-bond acceptors (Lipinski definition) is 4. The van der Waals surface area contributed by atoms with Gasteiger partial charge in [0.25, 0.3) is 0 Å². The highest BCUT2D eigenvalue weighted by Gasteiger charge is 2.29. The second kappa shape index (κ2) is 6.41. The third-order valence-corrected chi connectivity index (χ3v) is 5.69. The predicted octanol–water partition coefficient (Wildman–Crippen LogP) is -0.132. The number of nitrogens with zero attached hydrogens (tertiary/aromatic N) is 2. The Kier molecular flexibility index (Phi) is 5.04. The van der Waals surface area contributed by atoms with Crippen LogP contribution in [-0.2, 0) is 14.8 Å². The molecule has 0 radical (unpaired) electrons. The number of nitrogens with one attached hydrogen (secondary N) is 1. The van der Waals surface area contributed by atoms with Crippen molar-refractivity contribution >= 4 is 15.9 Å². The molecule has 0 saturated carbocycles. The summed E-state index contributed by atoms with van der Waals surface area (Å²) in [6.45, 7) is 5.02. The van der Waals surface area contributed by atoms with E-state index in [0.29, 0.717) is 38.5 Å². The first kappa shape index (κ1) is 15.7. The van der Waals surface area contributed by atoms with Crippen LogP contribution in [0.4, 0.5) is 0 Å². The molecule has 0 bridgehead atoms. The lowest BCUT2D eigenvalue weighted by molar-refractivity contribution is -0.133. The number of sulfonamides is 1. The molecule has 1 N–H and O–H groups in total. The maximum atomic E-state index is 12.3. The van der Waals surface area contributed by atoms with E-state index in [1.54, 1.807) is 4.90 Å². The predicted molar refractivity (Wildman–Crippen MR) is 77.8 cm³/mol. The van der Waals surface area contributed by atoms with E-state index in [4.69, 9.17) is 0 Å². The van der Waals surface area contributed by atoms with Crippen molar-refractivity contribution in [3.8, 4) is 0 Å². The molecule has 1 amide bonds. The molecule has 0 aromatic carbocycles. The van der Waals surface area contributed by atoms with Gasteiger partial charge in [-0.25, -0.2) is 8.42 Å². The minimum absolute atomic E-state index is 0.143. The molecule has 2 aliphatic heterocycles. The largest absolute Gasteiger partial charge is 0.340 e. The summed E-state index contributed by atoms with van der Waals surface area (Å²) in [5.74, 6) is 0.675. The van der Waals surface area contributed by atoms with E-state index in [2.05, 4.69) is 12.2 Å². The normalized spacial score (nSPS) is 29.4. The lowest BCUT2D eigenvalue weighted by Gasteiger charge is -2.36. The third-order valence-electron chi connectivity index (χ3n) is 4.38. The molecule has 20 heavy (non-hydrogen) atoms. The summed E-state index contributed by atoms with van der Waals surface area (Å²) in [5, 5.41) is 3.42. The summed E-state index contributed by atoms with van der Waals surface area (Å²) >= 11 is 0.